The third-order valence-electron chi connectivity index (χ3n) is 1.36. The van der Waals surface area contributed by atoms with E-state index in [1.165, 1.54) is 29.8 Å². The first-order chi connectivity index (χ1) is 5.77. The SMILES string of the molecule is NN(NO)c1ccc(NF)cc1. The van der Waals surface area contributed by atoms with Gasteiger partial charge in [0.15, 0.2) is 0 Å². The summed E-state index contributed by atoms with van der Waals surface area (Å²) in [5.74, 6) is 5.24. The summed E-state index contributed by atoms with van der Waals surface area (Å²) in [5, 5.41) is 9.27. The molecule has 0 bridgehead atoms. The Kier molecular flexibility index (Phi) is 2.81. The van der Waals surface area contributed by atoms with E-state index in [9.17, 15) is 4.48 Å². The van der Waals surface area contributed by atoms with Crippen molar-refractivity contribution < 1.29 is 9.69 Å². The lowest BCUT2D eigenvalue weighted by molar-refractivity contribution is 0.154. The molecule has 0 saturated carbocycles. The Morgan fingerprint density at radius 3 is 2.33 bits per heavy atom. The average molecular weight is 172 g/mol. The minimum absolute atomic E-state index is 0.324. The number of rotatable bonds is 3. The molecule has 1 aromatic rings. The normalized spacial score (nSPS) is 9.58. The van der Waals surface area contributed by atoms with Crippen LogP contribution in [0.3, 0.4) is 0 Å². The molecule has 0 fully saturated rings. The molecular weight excluding hydrogens is 163 g/mol. The summed E-state index contributed by atoms with van der Waals surface area (Å²) >= 11 is 0. The van der Waals surface area contributed by atoms with Gasteiger partial charge in [-0.05, 0) is 24.3 Å². The third kappa shape index (κ3) is 1.82. The zero-order chi connectivity index (χ0) is 8.97. The highest BCUT2D eigenvalue weighted by molar-refractivity contribution is 5.52. The van der Waals surface area contributed by atoms with Crippen LogP contribution in [0.2, 0.25) is 0 Å². The lowest BCUT2D eigenvalue weighted by Crippen LogP contribution is -2.41. The highest BCUT2D eigenvalue weighted by Crippen LogP contribution is 2.14. The molecule has 0 amide bonds. The van der Waals surface area contributed by atoms with E-state index in [0.29, 0.717) is 11.4 Å². The minimum atomic E-state index is 0.324. The number of hydrogen-bond acceptors (Lipinski definition) is 5. The first kappa shape index (κ1) is 8.72. The van der Waals surface area contributed by atoms with E-state index in [-0.39, 0.29) is 0 Å². The number of nitrogens with two attached hydrogens (primary N) is 1. The predicted molar refractivity (Wildman–Crippen MR) is 42.8 cm³/mol. The number of halogens is 1. The molecule has 12 heavy (non-hydrogen) atoms. The van der Waals surface area contributed by atoms with Crippen LogP contribution < -0.4 is 22.1 Å². The van der Waals surface area contributed by atoms with Crippen molar-refractivity contribution in [3.8, 4) is 0 Å². The van der Waals surface area contributed by atoms with E-state index in [0.717, 1.165) is 5.12 Å². The van der Waals surface area contributed by atoms with E-state index in [1.54, 1.807) is 5.59 Å². The van der Waals surface area contributed by atoms with Crippen LogP contribution in [0, 0.1) is 0 Å². The molecule has 0 heterocycles. The van der Waals surface area contributed by atoms with Crippen molar-refractivity contribution in [1.29, 1.82) is 0 Å². The molecule has 1 rings (SSSR count). The molecule has 0 spiro atoms. The maximum absolute atomic E-state index is 11.8. The molecule has 0 aliphatic rings. The Hall–Kier alpha value is -1.37. The van der Waals surface area contributed by atoms with Crippen LogP contribution in [0.25, 0.3) is 0 Å². The molecule has 0 aliphatic heterocycles. The van der Waals surface area contributed by atoms with Gasteiger partial charge in [0.1, 0.15) is 0 Å². The molecule has 5 nitrogen and oxygen atoms in total. The van der Waals surface area contributed by atoms with E-state index in [4.69, 9.17) is 11.0 Å². The van der Waals surface area contributed by atoms with Gasteiger partial charge in [0.05, 0.1) is 11.4 Å². The average Bonchev–Trinajstić information content (AvgIpc) is 2.17. The molecule has 0 saturated heterocycles. The van der Waals surface area contributed by atoms with Crippen LogP contribution in [0.15, 0.2) is 24.3 Å². The molecule has 0 radical (unpaired) electrons. The Bertz CT molecular complexity index is 240. The van der Waals surface area contributed by atoms with Gasteiger partial charge in [-0.3, -0.25) is 5.21 Å². The summed E-state index contributed by atoms with van der Waals surface area (Å²) in [7, 11) is 0. The van der Waals surface area contributed by atoms with E-state index < -0.39 is 0 Å². The Morgan fingerprint density at radius 2 is 1.92 bits per heavy atom. The Labute approximate surface area is 68.4 Å². The van der Waals surface area contributed by atoms with Gasteiger partial charge < -0.3 is 0 Å². The molecule has 5 N–H and O–H groups in total. The van der Waals surface area contributed by atoms with Crippen LogP contribution in [0.1, 0.15) is 0 Å². The number of hydrazine groups is 2. The minimum Gasteiger partial charge on any atom is -0.296 e. The third-order valence-corrected chi connectivity index (χ3v) is 1.36. The van der Waals surface area contributed by atoms with Crippen LogP contribution in [0.4, 0.5) is 15.9 Å². The number of benzene rings is 1. The van der Waals surface area contributed by atoms with Crippen molar-refractivity contribution in [3.63, 3.8) is 0 Å². The van der Waals surface area contributed by atoms with Crippen molar-refractivity contribution in [3.05, 3.63) is 24.3 Å². The van der Waals surface area contributed by atoms with E-state index >= 15 is 0 Å². The van der Waals surface area contributed by atoms with Gasteiger partial charge in [-0.15, -0.1) is 10.1 Å². The second-order valence-electron chi connectivity index (χ2n) is 2.11. The fourth-order valence-corrected chi connectivity index (χ4v) is 0.743. The summed E-state index contributed by atoms with van der Waals surface area (Å²) in [6, 6.07) is 6.02. The van der Waals surface area contributed by atoms with Crippen molar-refractivity contribution in [2.24, 2.45) is 5.84 Å². The standard InChI is InChI=1S/C6H9FN4O/c7-9-5-1-3-6(4-2-5)11(8)10-12/h1-4,9-10,12H,8H2. The number of hydrogen-bond donors (Lipinski definition) is 4. The Balaban J connectivity index is 2.77. The maximum Gasteiger partial charge on any atom is 0.0724 e. The lowest BCUT2D eigenvalue weighted by atomic mass is 10.3. The fraction of sp³-hybridized carbons (Fsp3) is 0. The van der Waals surface area contributed by atoms with Crippen LogP contribution in [-0.2, 0) is 0 Å². The molecular formula is C6H9FN4O. The highest BCUT2D eigenvalue weighted by Gasteiger charge is 1.98. The highest BCUT2D eigenvalue weighted by atomic mass is 19.2. The van der Waals surface area contributed by atoms with Gasteiger partial charge in [0, 0.05) is 0 Å². The van der Waals surface area contributed by atoms with Crippen molar-refractivity contribution >= 4 is 11.4 Å². The van der Waals surface area contributed by atoms with Gasteiger partial charge in [0.25, 0.3) is 0 Å². The summed E-state index contributed by atoms with van der Waals surface area (Å²) in [6.45, 7) is 0. The summed E-state index contributed by atoms with van der Waals surface area (Å²) in [5.41, 5.74) is 4.02. The lowest BCUT2D eigenvalue weighted by Gasteiger charge is -2.14. The quantitative estimate of drug-likeness (QED) is 0.304. The zero-order valence-electron chi connectivity index (χ0n) is 6.16. The molecule has 6 heteroatoms. The van der Waals surface area contributed by atoms with E-state index in [1.807, 2.05) is 0 Å². The van der Waals surface area contributed by atoms with Crippen LogP contribution in [-0.4, -0.2) is 5.21 Å². The molecule has 0 aromatic heterocycles. The second kappa shape index (κ2) is 3.86. The smallest absolute Gasteiger partial charge is 0.0724 e. The summed E-state index contributed by atoms with van der Waals surface area (Å²) < 4.78 is 11.8. The topological polar surface area (TPSA) is 73.5 Å². The van der Waals surface area contributed by atoms with Gasteiger partial charge in [-0.2, -0.15) is 0 Å². The van der Waals surface area contributed by atoms with Gasteiger partial charge >= 0.3 is 0 Å². The molecule has 66 valence electrons. The zero-order valence-corrected chi connectivity index (χ0v) is 6.16. The molecule has 0 aliphatic carbocycles. The fourth-order valence-electron chi connectivity index (χ4n) is 0.743. The first-order valence-electron chi connectivity index (χ1n) is 3.19. The number of nitrogens with zero attached hydrogens (tertiary/aromatic N) is 1. The summed E-state index contributed by atoms with van der Waals surface area (Å²) in [6.07, 6.45) is 0. The van der Waals surface area contributed by atoms with Gasteiger partial charge in [0.2, 0.25) is 0 Å². The maximum atomic E-state index is 11.8. The van der Waals surface area contributed by atoms with Crippen LogP contribution >= 0.6 is 0 Å². The van der Waals surface area contributed by atoms with Crippen LogP contribution in [0.5, 0.6) is 0 Å². The largest absolute Gasteiger partial charge is 0.296 e. The predicted octanol–water partition coefficient (Wildman–Crippen LogP) is 0.557. The number of anilines is 2. The molecule has 1 aromatic carbocycles. The second-order valence-corrected chi connectivity index (χ2v) is 2.11. The number of nitrogens with one attached hydrogen (secondary N) is 2. The van der Waals surface area contributed by atoms with Crippen molar-refractivity contribution in [2.75, 3.05) is 10.7 Å². The Morgan fingerprint density at radius 1 is 1.33 bits per heavy atom. The van der Waals surface area contributed by atoms with E-state index in [2.05, 4.69) is 0 Å². The van der Waals surface area contributed by atoms with Gasteiger partial charge in [-0.1, -0.05) is 0 Å². The van der Waals surface area contributed by atoms with Gasteiger partial charge in [-0.25, -0.2) is 16.5 Å². The monoisotopic (exact) mass is 172 g/mol. The summed E-state index contributed by atoms with van der Waals surface area (Å²) in [4.78, 5) is 0. The first-order valence-corrected chi connectivity index (χ1v) is 3.19. The van der Waals surface area contributed by atoms with Crippen molar-refractivity contribution in [2.45, 2.75) is 0 Å². The van der Waals surface area contributed by atoms with Crippen molar-refractivity contribution in [1.82, 2.24) is 5.59 Å². The molecule has 0 atom stereocenters. The molecule has 0 unspecified atom stereocenters.